The molecule has 0 aliphatic carbocycles. The number of amides is 2. The quantitative estimate of drug-likeness (QED) is 0.224. The second-order valence-corrected chi connectivity index (χ2v) is 9.05. The SMILES string of the molecule is O=C(OC(c1ccccc1)c1ccccc1)C1CCN(C(=O)OC(c2ccccc2)c2ccccc2)C1=O. The van der Waals surface area contributed by atoms with Gasteiger partial charge in [0.1, 0.15) is 5.92 Å². The first-order chi connectivity index (χ1) is 18.6. The maximum atomic E-state index is 13.2. The minimum atomic E-state index is -1.08. The summed E-state index contributed by atoms with van der Waals surface area (Å²) in [6.07, 6.45) is -1.97. The number of nitrogens with zero attached hydrogens (tertiary/aromatic N) is 1. The number of esters is 1. The van der Waals surface area contributed by atoms with Crippen LogP contribution in [0.4, 0.5) is 4.79 Å². The lowest BCUT2D eigenvalue weighted by molar-refractivity contribution is -0.155. The van der Waals surface area contributed by atoms with Crippen molar-refractivity contribution in [3.8, 4) is 0 Å². The molecule has 1 aliphatic rings. The van der Waals surface area contributed by atoms with Crippen molar-refractivity contribution in [3.05, 3.63) is 144 Å². The molecule has 0 spiro atoms. The number of likely N-dealkylation sites (tertiary alicyclic amines) is 1. The molecule has 38 heavy (non-hydrogen) atoms. The van der Waals surface area contributed by atoms with Crippen LogP contribution in [0.1, 0.15) is 40.9 Å². The minimum Gasteiger partial charge on any atom is -0.452 e. The van der Waals surface area contributed by atoms with E-state index in [0.717, 1.165) is 27.2 Å². The smallest absolute Gasteiger partial charge is 0.417 e. The summed E-state index contributed by atoms with van der Waals surface area (Å²) < 4.78 is 11.7. The van der Waals surface area contributed by atoms with Gasteiger partial charge in [0.05, 0.1) is 0 Å². The molecule has 4 aromatic carbocycles. The van der Waals surface area contributed by atoms with E-state index in [1.54, 1.807) is 0 Å². The van der Waals surface area contributed by atoms with Crippen molar-refractivity contribution in [2.75, 3.05) is 6.54 Å². The van der Waals surface area contributed by atoms with Crippen LogP contribution < -0.4 is 0 Å². The van der Waals surface area contributed by atoms with Crippen LogP contribution >= 0.6 is 0 Å². The van der Waals surface area contributed by atoms with E-state index in [0.29, 0.717) is 0 Å². The number of ether oxygens (including phenoxy) is 2. The predicted octanol–water partition coefficient (Wildman–Crippen LogP) is 6.09. The summed E-state index contributed by atoms with van der Waals surface area (Å²) in [5.74, 6) is -2.35. The molecule has 1 aliphatic heterocycles. The van der Waals surface area contributed by atoms with Crippen LogP contribution in [0.15, 0.2) is 121 Å². The first kappa shape index (κ1) is 25.0. The molecule has 1 heterocycles. The van der Waals surface area contributed by atoms with Crippen LogP contribution in [0.25, 0.3) is 0 Å². The monoisotopic (exact) mass is 505 g/mol. The van der Waals surface area contributed by atoms with Crippen LogP contribution in [0.5, 0.6) is 0 Å². The predicted molar refractivity (Wildman–Crippen MR) is 142 cm³/mol. The van der Waals surface area contributed by atoms with Crippen molar-refractivity contribution in [2.24, 2.45) is 5.92 Å². The lowest BCUT2D eigenvalue weighted by Gasteiger charge is -2.23. The second-order valence-electron chi connectivity index (χ2n) is 9.05. The summed E-state index contributed by atoms with van der Waals surface area (Å²) in [6.45, 7) is 0.0784. The first-order valence-corrected chi connectivity index (χ1v) is 12.5. The van der Waals surface area contributed by atoms with E-state index in [-0.39, 0.29) is 13.0 Å². The number of hydrogen-bond acceptors (Lipinski definition) is 5. The van der Waals surface area contributed by atoms with Crippen LogP contribution in [0.3, 0.4) is 0 Å². The molecule has 0 bridgehead atoms. The van der Waals surface area contributed by atoms with E-state index in [1.165, 1.54) is 0 Å². The van der Waals surface area contributed by atoms with Gasteiger partial charge in [0, 0.05) is 6.54 Å². The highest BCUT2D eigenvalue weighted by Crippen LogP contribution is 2.31. The number of carbonyl (C=O) groups excluding carboxylic acids is 3. The van der Waals surface area contributed by atoms with Gasteiger partial charge in [-0.3, -0.25) is 9.59 Å². The maximum absolute atomic E-state index is 13.2. The van der Waals surface area contributed by atoms with Gasteiger partial charge in [0.2, 0.25) is 5.91 Å². The van der Waals surface area contributed by atoms with Crippen LogP contribution in [-0.2, 0) is 19.1 Å². The summed E-state index contributed by atoms with van der Waals surface area (Å²) in [5.41, 5.74) is 3.15. The second kappa shape index (κ2) is 11.6. The van der Waals surface area contributed by atoms with Crippen molar-refractivity contribution >= 4 is 18.0 Å². The summed E-state index contributed by atoms with van der Waals surface area (Å²) in [6, 6.07) is 37.4. The zero-order valence-electron chi connectivity index (χ0n) is 20.7. The fraction of sp³-hybridized carbons (Fsp3) is 0.156. The lowest BCUT2D eigenvalue weighted by Crippen LogP contribution is -2.37. The Balaban J connectivity index is 1.31. The minimum absolute atomic E-state index is 0.0784. The third kappa shape index (κ3) is 5.49. The Bertz CT molecular complexity index is 1190. The summed E-state index contributed by atoms with van der Waals surface area (Å²) in [5, 5.41) is 0. The van der Waals surface area contributed by atoms with E-state index in [1.807, 2.05) is 121 Å². The zero-order valence-corrected chi connectivity index (χ0v) is 20.7. The first-order valence-electron chi connectivity index (χ1n) is 12.5. The molecule has 1 atom stereocenters. The van der Waals surface area contributed by atoms with Gasteiger partial charge in [0.25, 0.3) is 0 Å². The Hall–Kier alpha value is -4.71. The molecule has 4 aromatic rings. The number of imide groups is 1. The molecule has 0 N–H and O–H groups in total. The van der Waals surface area contributed by atoms with E-state index in [2.05, 4.69) is 0 Å². The van der Waals surface area contributed by atoms with Crippen LogP contribution in [-0.4, -0.2) is 29.4 Å². The Morgan fingerprint density at radius 2 is 0.974 bits per heavy atom. The topological polar surface area (TPSA) is 72.9 Å². The van der Waals surface area contributed by atoms with Crippen molar-refractivity contribution in [2.45, 2.75) is 18.6 Å². The van der Waals surface area contributed by atoms with Crippen molar-refractivity contribution in [1.29, 1.82) is 0 Å². The standard InChI is InChI=1S/C32H27NO5/c34-30-27(31(35)37-28(23-13-5-1-6-14-23)24-15-7-2-8-16-24)21-22-33(30)32(36)38-29(25-17-9-3-10-18-25)26-19-11-4-12-20-26/h1-20,27-29H,21-22H2. The van der Waals surface area contributed by atoms with Gasteiger partial charge in [0.15, 0.2) is 12.2 Å². The average molecular weight is 506 g/mol. The van der Waals surface area contributed by atoms with E-state index in [9.17, 15) is 14.4 Å². The number of benzene rings is 4. The Labute approximate surface area is 221 Å². The fourth-order valence-electron chi connectivity index (χ4n) is 4.61. The summed E-state index contributed by atoms with van der Waals surface area (Å²) in [7, 11) is 0. The van der Waals surface area contributed by atoms with Crippen molar-refractivity contribution < 1.29 is 23.9 Å². The van der Waals surface area contributed by atoms with Gasteiger partial charge in [-0.1, -0.05) is 121 Å². The molecule has 0 aromatic heterocycles. The molecule has 2 amide bonds. The molecule has 1 unspecified atom stereocenters. The van der Waals surface area contributed by atoms with Crippen LogP contribution in [0.2, 0.25) is 0 Å². The summed E-state index contributed by atoms with van der Waals surface area (Å²) >= 11 is 0. The fourth-order valence-corrected chi connectivity index (χ4v) is 4.61. The van der Waals surface area contributed by atoms with Crippen molar-refractivity contribution in [3.63, 3.8) is 0 Å². The normalized spacial score (nSPS) is 15.1. The molecular weight excluding hydrogens is 478 g/mol. The molecule has 6 nitrogen and oxygen atoms in total. The molecule has 1 fully saturated rings. The Morgan fingerprint density at radius 3 is 1.37 bits per heavy atom. The lowest BCUT2D eigenvalue weighted by atomic mass is 10.0. The average Bonchev–Trinajstić information content (AvgIpc) is 3.37. The molecule has 0 radical (unpaired) electrons. The highest BCUT2D eigenvalue weighted by atomic mass is 16.6. The van der Waals surface area contributed by atoms with Gasteiger partial charge in [-0.15, -0.1) is 0 Å². The molecule has 190 valence electrons. The molecule has 1 saturated heterocycles. The number of hydrogen-bond donors (Lipinski definition) is 0. The Morgan fingerprint density at radius 1 is 0.605 bits per heavy atom. The van der Waals surface area contributed by atoms with Gasteiger partial charge in [-0.05, 0) is 28.7 Å². The maximum Gasteiger partial charge on any atom is 0.417 e. The highest BCUT2D eigenvalue weighted by Gasteiger charge is 2.43. The number of rotatable bonds is 7. The van der Waals surface area contributed by atoms with Gasteiger partial charge >= 0.3 is 12.1 Å². The molecular formula is C32H27NO5. The van der Waals surface area contributed by atoms with E-state index in [4.69, 9.17) is 9.47 Å². The van der Waals surface area contributed by atoms with Gasteiger partial charge in [-0.25, -0.2) is 9.69 Å². The molecule has 0 saturated carbocycles. The third-order valence-corrected chi connectivity index (χ3v) is 6.57. The van der Waals surface area contributed by atoms with Gasteiger partial charge < -0.3 is 9.47 Å². The molecule has 6 heteroatoms. The van der Waals surface area contributed by atoms with Crippen LogP contribution in [0, 0.1) is 5.92 Å². The largest absolute Gasteiger partial charge is 0.452 e. The summed E-state index contributed by atoms with van der Waals surface area (Å²) in [4.78, 5) is 40.6. The third-order valence-electron chi connectivity index (χ3n) is 6.57. The van der Waals surface area contributed by atoms with Gasteiger partial charge in [-0.2, -0.15) is 0 Å². The number of carbonyl (C=O) groups is 3. The Kier molecular flexibility index (Phi) is 7.59. The highest BCUT2D eigenvalue weighted by molar-refractivity contribution is 6.05. The molecule has 5 rings (SSSR count). The van der Waals surface area contributed by atoms with E-state index < -0.39 is 36.1 Å². The van der Waals surface area contributed by atoms with Crippen molar-refractivity contribution in [1.82, 2.24) is 4.90 Å². The zero-order chi connectivity index (χ0) is 26.3. The van der Waals surface area contributed by atoms with E-state index >= 15 is 0 Å².